The molecule has 0 aromatic rings. The van der Waals surface area contributed by atoms with Crippen molar-refractivity contribution in [2.45, 2.75) is 76.7 Å². The third-order valence-electron chi connectivity index (χ3n) is 4.85. The Morgan fingerprint density at radius 3 is 1.79 bits per heavy atom. The minimum absolute atomic E-state index is 0.404. The van der Waals surface area contributed by atoms with Crippen LogP contribution in [0.25, 0.3) is 0 Å². The Morgan fingerprint density at radius 2 is 1.36 bits per heavy atom. The van der Waals surface area contributed by atoms with Crippen molar-refractivity contribution in [2.24, 2.45) is 11.7 Å². The molecule has 33 heavy (non-hydrogen) atoms. The Labute approximate surface area is 189 Å². The number of carbonyl (C=O) groups excluding carboxylic acids is 3. The molecular weight excluding hydrogens is 444 g/mol. The number of rotatable bonds is 15. The second kappa shape index (κ2) is 14.0. The molecule has 6 unspecified atom stereocenters. The molecule has 9 N–H and O–H groups in total. The first-order chi connectivity index (χ1) is 15.2. The Morgan fingerprint density at radius 1 is 0.818 bits per heavy atom. The Bertz CT molecular complexity index is 742. The highest BCUT2D eigenvalue weighted by Crippen LogP contribution is 2.10. The highest BCUT2D eigenvalue weighted by atomic mass is 16.4. The smallest absolute Gasteiger partial charge is 0.326 e. The molecule has 0 spiro atoms. The van der Waals surface area contributed by atoms with Crippen LogP contribution in [0.15, 0.2) is 0 Å². The third-order valence-corrected chi connectivity index (χ3v) is 4.85. The van der Waals surface area contributed by atoms with Crippen LogP contribution < -0.4 is 21.7 Å². The summed E-state index contributed by atoms with van der Waals surface area (Å²) in [5, 5.41) is 43.4. The van der Waals surface area contributed by atoms with Gasteiger partial charge < -0.3 is 42.1 Å². The van der Waals surface area contributed by atoms with Crippen LogP contribution in [0.5, 0.6) is 0 Å². The first kappa shape index (κ1) is 29.7. The number of carboxylic acids is 3. The number of amides is 3. The average molecular weight is 476 g/mol. The van der Waals surface area contributed by atoms with Gasteiger partial charge in [-0.3, -0.25) is 24.0 Å². The molecular formula is C19H32N4O10. The normalized spacial score (nSPS) is 16.3. The molecule has 0 bridgehead atoms. The number of carbonyl (C=O) groups is 6. The molecule has 0 saturated carbocycles. The maximum Gasteiger partial charge on any atom is 0.326 e. The average Bonchev–Trinajstić information content (AvgIpc) is 2.70. The molecule has 14 nitrogen and oxygen atoms in total. The molecule has 0 radical (unpaired) electrons. The molecule has 0 aliphatic carbocycles. The fourth-order valence-corrected chi connectivity index (χ4v) is 2.68. The van der Waals surface area contributed by atoms with E-state index >= 15 is 0 Å². The van der Waals surface area contributed by atoms with Gasteiger partial charge in [0, 0.05) is 6.42 Å². The molecule has 0 aromatic heterocycles. The number of nitrogens with two attached hydrogens (primary N) is 1. The van der Waals surface area contributed by atoms with Gasteiger partial charge in [0.25, 0.3) is 0 Å². The van der Waals surface area contributed by atoms with Crippen LogP contribution in [0.2, 0.25) is 0 Å². The van der Waals surface area contributed by atoms with E-state index in [1.54, 1.807) is 13.8 Å². The van der Waals surface area contributed by atoms with Crippen molar-refractivity contribution in [2.75, 3.05) is 0 Å². The van der Waals surface area contributed by atoms with E-state index in [0.717, 1.165) is 6.92 Å². The molecule has 188 valence electrons. The van der Waals surface area contributed by atoms with E-state index in [2.05, 4.69) is 16.0 Å². The summed E-state index contributed by atoms with van der Waals surface area (Å²) in [4.78, 5) is 70.5. The van der Waals surface area contributed by atoms with Crippen molar-refractivity contribution in [3.8, 4) is 0 Å². The standard InChI is InChI=1S/C19H32N4O10/c1-4-8(2)14(19(32)33)22-17(30)11(5-6-12(25)26)21-18(31)15(9(3)24)23-16(29)10(20)7-13(27)28/h8-11,14-15,24H,4-7,20H2,1-3H3,(H,21,31)(H,22,30)(H,23,29)(H,25,26)(H,27,28)(H,32,33). The van der Waals surface area contributed by atoms with Crippen molar-refractivity contribution in [1.82, 2.24) is 16.0 Å². The summed E-state index contributed by atoms with van der Waals surface area (Å²) in [6.45, 7) is 4.44. The van der Waals surface area contributed by atoms with Crippen LogP contribution in [-0.2, 0) is 28.8 Å². The van der Waals surface area contributed by atoms with Crippen LogP contribution in [-0.4, -0.2) is 86.3 Å². The van der Waals surface area contributed by atoms with Gasteiger partial charge in [0.2, 0.25) is 17.7 Å². The number of aliphatic carboxylic acids is 3. The quantitative estimate of drug-likeness (QED) is 0.124. The molecule has 6 atom stereocenters. The zero-order chi connectivity index (χ0) is 25.9. The molecule has 3 amide bonds. The largest absolute Gasteiger partial charge is 0.481 e. The highest BCUT2D eigenvalue weighted by Gasteiger charge is 2.33. The van der Waals surface area contributed by atoms with E-state index < -0.39 is 91.1 Å². The van der Waals surface area contributed by atoms with Gasteiger partial charge in [0.1, 0.15) is 18.1 Å². The zero-order valence-electron chi connectivity index (χ0n) is 18.6. The lowest BCUT2D eigenvalue weighted by molar-refractivity contribution is -0.144. The fraction of sp³-hybridized carbons (Fsp3) is 0.684. The molecule has 0 saturated heterocycles. The van der Waals surface area contributed by atoms with E-state index in [1.165, 1.54) is 0 Å². The Balaban J connectivity index is 5.56. The summed E-state index contributed by atoms with van der Waals surface area (Å²) in [7, 11) is 0. The monoisotopic (exact) mass is 476 g/mol. The van der Waals surface area contributed by atoms with Crippen molar-refractivity contribution in [1.29, 1.82) is 0 Å². The van der Waals surface area contributed by atoms with Gasteiger partial charge in [-0.05, 0) is 19.3 Å². The van der Waals surface area contributed by atoms with E-state index in [9.17, 15) is 39.0 Å². The van der Waals surface area contributed by atoms with Crippen LogP contribution in [0.4, 0.5) is 0 Å². The van der Waals surface area contributed by atoms with Gasteiger partial charge in [0.05, 0.1) is 18.6 Å². The van der Waals surface area contributed by atoms with E-state index in [1.807, 2.05) is 0 Å². The van der Waals surface area contributed by atoms with Gasteiger partial charge in [-0.15, -0.1) is 0 Å². The minimum atomic E-state index is -1.65. The number of aliphatic hydroxyl groups is 1. The third kappa shape index (κ3) is 10.7. The van der Waals surface area contributed by atoms with Crippen LogP contribution in [0.3, 0.4) is 0 Å². The van der Waals surface area contributed by atoms with Gasteiger partial charge in [-0.25, -0.2) is 4.79 Å². The van der Waals surface area contributed by atoms with Gasteiger partial charge in [0.15, 0.2) is 0 Å². The van der Waals surface area contributed by atoms with Crippen molar-refractivity contribution >= 4 is 35.6 Å². The molecule has 14 heteroatoms. The SMILES string of the molecule is CCC(C)C(NC(=O)C(CCC(=O)O)NC(=O)C(NC(=O)C(N)CC(=O)O)C(C)O)C(=O)O. The Kier molecular flexibility index (Phi) is 12.6. The van der Waals surface area contributed by atoms with Crippen LogP contribution >= 0.6 is 0 Å². The molecule has 0 aliphatic rings. The van der Waals surface area contributed by atoms with Crippen LogP contribution in [0, 0.1) is 5.92 Å². The summed E-state index contributed by atoms with van der Waals surface area (Å²) in [5.74, 6) is -7.52. The number of carboxylic acid groups (broad SMARTS) is 3. The summed E-state index contributed by atoms with van der Waals surface area (Å²) < 4.78 is 0. The first-order valence-electron chi connectivity index (χ1n) is 10.2. The van der Waals surface area contributed by atoms with Crippen molar-refractivity contribution in [3.63, 3.8) is 0 Å². The topological polar surface area (TPSA) is 245 Å². The van der Waals surface area contributed by atoms with Gasteiger partial charge >= 0.3 is 17.9 Å². The lowest BCUT2D eigenvalue weighted by Gasteiger charge is -2.27. The predicted octanol–water partition coefficient (Wildman–Crippen LogP) is -2.38. The highest BCUT2D eigenvalue weighted by molar-refractivity contribution is 5.95. The number of hydrogen-bond donors (Lipinski definition) is 8. The maximum absolute atomic E-state index is 12.7. The second-order valence-corrected chi connectivity index (χ2v) is 7.63. The minimum Gasteiger partial charge on any atom is -0.481 e. The Hall–Kier alpha value is -3.26. The van der Waals surface area contributed by atoms with E-state index in [4.69, 9.17) is 15.9 Å². The lowest BCUT2D eigenvalue weighted by Crippen LogP contribution is -2.60. The summed E-state index contributed by atoms with van der Waals surface area (Å²) >= 11 is 0. The first-order valence-corrected chi connectivity index (χ1v) is 10.2. The van der Waals surface area contributed by atoms with Crippen molar-refractivity contribution in [3.05, 3.63) is 0 Å². The van der Waals surface area contributed by atoms with Gasteiger partial charge in [-0.2, -0.15) is 0 Å². The summed E-state index contributed by atoms with van der Waals surface area (Å²) in [6.07, 6.45) is -2.78. The van der Waals surface area contributed by atoms with E-state index in [0.29, 0.717) is 6.42 Å². The number of nitrogens with one attached hydrogen (secondary N) is 3. The summed E-state index contributed by atoms with van der Waals surface area (Å²) in [5.41, 5.74) is 5.43. The molecule has 0 rings (SSSR count). The second-order valence-electron chi connectivity index (χ2n) is 7.63. The number of hydrogen-bond acceptors (Lipinski definition) is 8. The van der Waals surface area contributed by atoms with Crippen molar-refractivity contribution < 1.29 is 49.2 Å². The van der Waals surface area contributed by atoms with Gasteiger partial charge in [-0.1, -0.05) is 20.3 Å². The molecule has 0 fully saturated rings. The molecule has 0 aliphatic heterocycles. The maximum atomic E-state index is 12.7. The summed E-state index contributed by atoms with van der Waals surface area (Å²) in [6, 6.07) is -5.96. The number of aliphatic hydroxyl groups excluding tert-OH is 1. The van der Waals surface area contributed by atoms with Crippen LogP contribution in [0.1, 0.15) is 46.5 Å². The molecule has 0 aromatic carbocycles. The van der Waals surface area contributed by atoms with E-state index in [-0.39, 0.29) is 0 Å². The molecule has 0 heterocycles. The fourth-order valence-electron chi connectivity index (χ4n) is 2.68. The zero-order valence-corrected chi connectivity index (χ0v) is 18.6. The lowest BCUT2D eigenvalue weighted by atomic mass is 9.98. The predicted molar refractivity (Wildman–Crippen MR) is 112 cm³/mol.